The molecule has 1 atom stereocenters. The van der Waals surface area contributed by atoms with Crippen molar-refractivity contribution in [2.24, 2.45) is 0 Å². The zero-order valence-corrected chi connectivity index (χ0v) is 12.4. The molecule has 0 bridgehead atoms. The largest absolute Gasteiger partial charge is 0.497 e. The number of amides is 1. The van der Waals surface area contributed by atoms with E-state index in [0.717, 1.165) is 12.8 Å². The fraction of sp³-hybridized carbons (Fsp3) is 0.429. The van der Waals surface area contributed by atoms with Crippen molar-refractivity contribution >= 4 is 23.3 Å². The van der Waals surface area contributed by atoms with Gasteiger partial charge in [-0.1, -0.05) is 11.6 Å². The molecule has 5 nitrogen and oxygen atoms in total. The average molecular weight is 296 g/mol. The number of ether oxygens (including phenoxy) is 1. The molecule has 0 aromatic carbocycles. The van der Waals surface area contributed by atoms with Gasteiger partial charge in [0.15, 0.2) is 0 Å². The van der Waals surface area contributed by atoms with Gasteiger partial charge >= 0.3 is 0 Å². The molecule has 1 amide bonds. The Kier molecular flexibility index (Phi) is 4.84. The van der Waals surface area contributed by atoms with E-state index >= 15 is 0 Å². The number of nitrogens with zero attached hydrogens (tertiary/aromatic N) is 2. The number of allylic oxidation sites excluding steroid dienone is 1. The lowest BCUT2D eigenvalue weighted by molar-refractivity contribution is 0.0876. The first-order valence-corrected chi connectivity index (χ1v) is 6.87. The van der Waals surface area contributed by atoms with E-state index in [-0.39, 0.29) is 12.0 Å². The zero-order valence-electron chi connectivity index (χ0n) is 11.6. The highest BCUT2D eigenvalue weighted by Crippen LogP contribution is 2.16. The molecule has 1 aromatic rings. The second kappa shape index (κ2) is 6.61. The van der Waals surface area contributed by atoms with Gasteiger partial charge in [-0.3, -0.25) is 4.79 Å². The van der Waals surface area contributed by atoms with Crippen molar-refractivity contribution in [3.8, 4) is 0 Å². The summed E-state index contributed by atoms with van der Waals surface area (Å²) >= 11 is 5.94. The van der Waals surface area contributed by atoms with Crippen LogP contribution in [0.1, 0.15) is 23.2 Å². The Hall–Kier alpha value is -1.75. The van der Waals surface area contributed by atoms with Crippen molar-refractivity contribution < 1.29 is 9.53 Å². The molecule has 0 fully saturated rings. The topological polar surface area (TPSA) is 54.5 Å². The van der Waals surface area contributed by atoms with Gasteiger partial charge in [0.05, 0.1) is 12.8 Å². The maximum absolute atomic E-state index is 12.1. The van der Waals surface area contributed by atoms with E-state index < -0.39 is 0 Å². The third-order valence-corrected chi connectivity index (χ3v) is 3.21. The molecular formula is C14H18ClN3O2. The van der Waals surface area contributed by atoms with Crippen LogP contribution in [0.5, 0.6) is 0 Å². The van der Waals surface area contributed by atoms with Gasteiger partial charge in [0.25, 0.3) is 5.91 Å². The maximum atomic E-state index is 12.1. The molecule has 108 valence electrons. The first-order valence-electron chi connectivity index (χ1n) is 6.50. The standard InChI is InChI=1S/C14H18ClN3O2/c1-18(2)13-8-10(7-12(15)17-13)14(19)16-9-11-5-3-4-6-20-11/h4,6-8,11H,3,5,9H2,1-2H3,(H,16,19)/t11-/m1/s1. The van der Waals surface area contributed by atoms with Crippen LogP contribution in [-0.2, 0) is 4.74 Å². The summed E-state index contributed by atoms with van der Waals surface area (Å²) < 4.78 is 5.41. The molecule has 0 spiro atoms. The van der Waals surface area contributed by atoms with Gasteiger partial charge in [-0.25, -0.2) is 4.98 Å². The second-order valence-electron chi connectivity index (χ2n) is 4.85. The predicted octanol–water partition coefficient (Wildman–Crippen LogP) is 2.22. The molecule has 0 aliphatic carbocycles. The minimum atomic E-state index is -0.171. The van der Waals surface area contributed by atoms with Gasteiger partial charge < -0.3 is 15.0 Å². The van der Waals surface area contributed by atoms with Crippen LogP contribution in [0.15, 0.2) is 24.5 Å². The van der Waals surface area contributed by atoms with Gasteiger partial charge in [-0.15, -0.1) is 0 Å². The number of halogens is 1. The summed E-state index contributed by atoms with van der Waals surface area (Å²) in [6.07, 6.45) is 5.59. The van der Waals surface area contributed by atoms with Crippen LogP contribution in [0.25, 0.3) is 0 Å². The molecule has 0 saturated heterocycles. The lowest BCUT2D eigenvalue weighted by Gasteiger charge is -2.20. The molecule has 2 rings (SSSR count). The summed E-state index contributed by atoms with van der Waals surface area (Å²) in [6, 6.07) is 3.27. The van der Waals surface area contributed by atoms with Crippen molar-refractivity contribution in [1.82, 2.24) is 10.3 Å². The van der Waals surface area contributed by atoms with Crippen molar-refractivity contribution in [3.63, 3.8) is 0 Å². The summed E-state index contributed by atoms with van der Waals surface area (Å²) in [5, 5.41) is 3.16. The number of hydrogen-bond acceptors (Lipinski definition) is 4. The molecule has 6 heteroatoms. The number of aromatic nitrogens is 1. The fourth-order valence-electron chi connectivity index (χ4n) is 1.89. The maximum Gasteiger partial charge on any atom is 0.251 e. The van der Waals surface area contributed by atoms with E-state index in [1.807, 2.05) is 20.2 Å². The summed E-state index contributed by atoms with van der Waals surface area (Å²) in [5.74, 6) is 0.482. The number of anilines is 1. The Morgan fingerprint density at radius 3 is 3.00 bits per heavy atom. The van der Waals surface area contributed by atoms with Crippen LogP contribution in [0.4, 0.5) is 5.82 Å². The van der Waals surface area contributed by atoms with Gasteiger partial charge in [0, 0.05) is 19.7 Å². The van der Waals surface area contributed by atoms with Crippen LogP contribution in [-0.4, -0.2) is 37.6 Å². The summed E-state index contributed by atoms with van der Waals surface area (Å²) in [7, 11) is 3.70. The molecule has 20 heavy (non-hydrogen) atoms. The Morgan fingerprint density at radius 1 is 1.55 bits per heavy atom. The number of carbonyl (C=O) groups excluding carboxylic acids is 1. The average Bonchev–Trinajstić information content (AvgIpc) is 2.45. The SMILES string of the molecule is CN(C)c1cc(C(=O)NC[C@H]2CCC=CO2)cc(Cl)n1. The van der Waals surface area contributed by atoms with Crippen LogP contribution < -0.4 is 10.2 Å². The first kappa shape index (κ1) is 14.7. The number of carbonyl (C=O) groups is 1. The molecule has 0 saturated carbocycles. The van der Waals surface area contributed by atoms with Crippen LogP contribution in [0.3, 0.4) is 0 Å². The van der Waals surface area contributed by atoms with Gasteiger partial charge in [0.1, 0.15) is 17.1 Å². The fourth-order valence-corrected chi connectivity index (χ4v) is 2.09. The summed E-state index contributed by atoms with van der Waals surface area (Å²) in [5.41, 5.74) is 0.500. The summed E-state index contributed by atoms with van der Waals surface area (Å²) in [4.78, 5) is 18.1. The van der Waals surface area contributed by atoms with E-state index in [1.165, 1.54) is 0 Å². The van der Waals surface area contributed by atoms with Gasteiger partial charge in [-0.05, 0) is 31.1 Å². The monoisotopic (exact) mass is 295 g/mol. The number of pyridine rings is 1. The van der Waals surface area contributed by atoms with E-state index in [2.05, 4.69) is 10.3 Å². The molecule has 0 radical (unpaired) electrons. The third-order valence-electron chi connectivity index (χ3n) is 3.01. The van der Waals surface area contributed by atoms with Crippen molar-refractivity contribution in [1.29, 1.82) is 0 Å². The highest BCUT2D eigenvalue weighted by Gasteiger charge is 2.14. The van der Waals surface area contributed by atoms with Gasteiger partial charge in [0.2, 0.25) is 0 Å². The first-order chi connectivity index (χ1) is 9.56. The Balaban J connectivity index is 1.99. The lowest BCUT2D eigenvalue weighted by atomic mass is 10.1. The molecule has 0 unspecified atom stereocenters. The quantitative estimate of drug-likeness (QED) is 0.866. The highest BCUT2D eigenvalue weighted by atomic mass is 35.5. The second-order valence-corrected chi connectivity index (χ2v) is 5.24. The van der Waals surface area contributed by atoms with Crippen molar-refractivity contribution in [2.75, 3.05) is 25.5 Å². The number of nitrogens with one attached hydrogen (secondary N) is 1. The van der Waals surface area contributed by atoms with E-state index in [9.17, 15) is 4.79 Å². The Morgan fingerprint density at radius 2 is 2.35 bits per heavy atom. The van der Waals surface area contributed by atoms with Crippen LogP contribution in [0, 0.1) is 0 Å². The van der Waals surface area contributed by atoms with Gasteiger partial charge in [-0.2, -0.15) is 0 Å². The minimum Gasteiger partial charge on any atom is -0.497 e. The molecule has 1 aliphatic heterocycles. The molecule has 1 N–H and O–H groups in total. The number of rotatable bonds is 4. The Labute approximate surface area is 123 Å². The molecule has 1 aliphatic rings. The molecule has 1 aromatic heterocycles. The normalized spacial score (nSPS) is 17.4. The molecule has 2 heterocycles. The summed E-state index contributed by atoms with van der Waals surface area (Å²) in [6.45, 7) is 0.487. The van der Waals surface area contributed by atoms with E-state index in [4.69, 9.17) is 16.3 Å². The number of hydrogen-bond donors (Lipinski definition) is 1. The Bertz CT molecular complexity index is 517. The smallest absolute Gasteiger partial charge is 0.251 e. The zero-order chi connectivity index (χ0) is 14.5. The molecular weight excluding hydrogens is 278 g/mol. The van der Waals surface area contributed by atoms with Crippen LogP contribution in [0.2, 0.25) is 5.15 Å². The third kappa shape index (κ3) is 3.87. The minimum absolute atomic E-state index is 0.0366. The van der Waals surface area contributed by atoms with Crippen molar-refractivity contribution in [2.45, 2.75) is 18.9 Å². The lowest BCUT2D eigenvalue weighted by Crippen LogP contribution is -2.33. The van der Waals surface area contributed by atoms with E-state index in [0.29, 0.717) is 23.1 Å². The van der Waals surface area contributed by atoms with Crippen LogP contribution >= 0.6 is 11.6 Å². The van der Waals surface area contributed by atoms with E-state index in [1.54, 1.807) is 23.3 Å². The predicted molar refractivity (Wildman–Crippen MR) is 79.2 cm³/mol. The highest BCUT2D eigenvalue weighted by molar-refractivity contribution is 6.29. The van der Waals surface area contributed by atoms with Crippen molar-refractivity contribution in [3.05, 3.63) is 35.2 Å².